The third-order valence-electron chi connectivity index (χ3n) is 0.175. The van der Waals surface area contributed by atoms with Crippen LogP contribution in [0.1, 0.15) is 0 Å². The first-order valence-electron chi connectivity index (χ1n) is 1.27. The second-order valence-electron chi connectivity index (χ2n) is 0.593. The summed E-state index contributed by atoms with van der Waals surface area (Å²) < 4.78 is 8.19. The van der Waals surface area contributed by atoms with Crippen molar-refractivity contribution >= 4 is 11.9 Å². The van der Waals surface area contributed by atoms with Gasteiger partial charge in [0.15, 0.2) is 5.97 Å². The fraction of sp³-hybridized carbons (Fsp3) is 0. The van der Waals surface area contributed by atoms with Crippen molar-refractivity contribution < 1.29 is 59.7 Å². The molecule has 0 atom stereocenters. The topological polar surface area (TPSA) is 94.5 Å². The van der Waals surface area contributed by atoms with Crippen LogP contribution in [-0.4, -0.2) is 17.0 Å². The van der Waals surface area contributed by atoms with Gasteiger partial charge in [-0.1, -0.05) is 0 Å². The predicted octanol–water partition coefficient (Wildman–Crippen LogP) is -5.30. The first-order valence-corrected chi connectivity index (χ1v) is 1.84. The summed E-state index contributed by atoms with van der Waals surface area (Å²) in [5, 5.41) is 16.3. The van der Waals surface area contributed by atoms with Crippen LogP contribution in [0.15, 0.2) is 0 Å². The third-order valence-corrected chi connectivity index (χ3v) is 0.175. The second kappa shape index (κ2) is 10.8. The molecule has 0 aromatic carbocycles. The van der Waals surface area contributed by atoms with Crippen molar-refractivity contribution in [1.82, 2.24) is 0 Å². The van der Waals surface area contributed by atoms with E-state index >= 15 is 0 Å². The van der Waals surface area contributed by atoms with Crippen molar-refractivity contribution in [1.29, 1.82) is 0 Å². The fourth-order valence-corrected chi connectivity index (χ4v) is 0. The molecule has 0 aliphatic heterocycles. The molecule has 5 nitrogen and oxygen atoms in total. The summed E-state index contributed by atoms with van der Waals surface area (Å²) in [5.74, 6) is -4.01. The molecule has 45 valence electrons. The van der Waals surface area contributed by atoms with Gasteiger partial charge in [0.2, 0.25) is 0 Å². The quantitative estimate of drug-likeness (QED) is 0.284. The van der Waals surface area contributed by atoms with Crippen LogP contribution in [0.3, 0.4) is 0 Å². The van der Waals surface area contributed by atoms with Crippen molar-refractivity contribution in [2.45, 2.75) is 0 Å². The zero-order valence-corrected chi connectivity index (χ0v) is 5.92. The fourth-order valence-electron chi connectivity index (χ4n) is 0. The standard InChI is InChI=1S/C2H2O4.Li.O.V/c3-1(4)2(5)6;;;/h(H,3,4)(H,5,6);;;/q;+1;;/p-1. The molecule has 0 aromatic rings. The van der Waals surface area contributed by atoms with Crippen LogP contribution in [0.25, 0.3) is 0 Å². The molecule has 0 aliphatic carbocycles. The van der Waals surface area contributed by atoms with Gasteiger partial charge in [-0.05, 0) is 0 Å². The Kier molecular flexibility index (Phi) is 19.2. The normalized spacial score (nSPS) is 5.22. The Labute approximate surface area is 71.8 Å². The van der Waals surface area contributed by atoms with Gasteiger partial charge >= 0.3 is 45.9 Å². The van der Waals surface area contributed by atoms with E-state index in [1.807, 2.05) is 0 Å². The molecule has 0 heterocycles. The van der Waals surface area contributed by atoms with Gasteiger partial charge < -0.3 is 15.0 Å². The van der Waals surface area contributed by atoms with Gasteiger partial charge in [-0.25, -0.2) is 4.79 Å². The number of hydrogen-bond donors (Lipinski definition) is 1. The number of aliphatic carboxylic acids is 2. The summed E-state index contributed by atoms with van der Waals surface area (Å²) in [6.07, 6.45) is 0. The number of carboxylic acids is 2. The first-order chi connectivity index (χ1) is 3.64. The van der Waals surface area contributed by atoms with Gasteiger partial charge in [-0.2, -0.15) is 0 Å². The van der Waals surface area contributed by atoms with Crippen molar-refractivity contribution in [2.75, 3.05) is 0 Å². The van der Waals surface area contributed by atoms with E-state index in [0.717, 1.165) is 17.4 Å². The molecule has 0 amide bonds. The predicted molar refractivity (Wildman–Crippen MR) is 13.3 cm³/mol. The molecular formula is C2HLiO5V. The van der Waals surface area contributed by atoms with Gasteiger partial charge in [0.1, 0.15) is 0 Å². The van der Waals surface area contributed by atoms with Crippen molar-refractivity contribution in [3.8, 4) is 0 Å². The summed E-state index contributed by atoms with van der Waals surface area (Å²) in [5.41, 5.74) is 0. The van der Waals surface area contributed by atoms with Gasteiger partial charge in [0.25, 0.3) is 0 Å². The van der Waals surface area contributed by atoms with Crippen LogP contribution in [0, 0.1) is 0 Å². The molecule has 1 N–H and O–H groups in total. The summed E-state index contributed by atoms with van der Waals surface area (Å²) >= 11 is 1.06. The number of carbonyl (C=O) groups excluding carboxylic acids is 1. The molecule has 0 unspecified atom stereocenters. The third kappa shape index (κ3) is 18.1. The van der Waals surface area contributed by atoms with Gasteiger partial charge in [0, 0.05) is 0 Å². The van der Waals surface area contributed by atoms with E-state index in [4.69, 9.17) is 23.5 Å². The Morgan fingerprint density at radius 1 is 1.33 bits per heavy atom. The first kappa shape index (κ1) is 16.0. The molecule has 7 heteroatoms. The van der Waals surface area contributed by atoms with E-state index < -0.39 is 11.9 Å². The molecule has 0 fully saturated rings. The minimum absolute atomic E-state index is 0. The summed E-state index contributed by atoms with van der Waals surface area (Å²) in [6, 6.07) is 0. The van der Waals surface area contributed by atoms with Crippen LogP contribution in [0.4, 0.5) is 0 Å². The average molecular weight is 163 g/mol. The van der Waals surface area contributed by atoms with Crippen molar-refractivity contribution in [3.05, 3.63) is 0 Å². The van der Waals surface area contributed by atoms with Crippen LogP contribution in [0.5, 0.6) is 0 Å². The summed E-state index contributed by atoms with van der Waals surface area (Å²) in [6.45, 7) is 0. The molecular weight excluding hydrogens is 162 g/mol. The maximum absolute atomic E-state index is 9.04. The van der Waals surface area contributed by atoms with E-state index in [0.29, 0.717) is 0 Å². The van der Waals surface area contributed by atoms with Crippen molar-refractivity contribution in [3.63, 3.8) is 0 Å². The summed E-state index contributed by atoms with van der Waals surface area (Å²) in [4.78, 5) is 18.0. The molecule has 0 saturated carbocycles. The van der Waals surface area contributed by atoms with E-state index in [-0.39, 0.29) is 18.9 Å². The zero-order chi connectivity index (χ0) is 7.15. The average Bonchev–Trinajstić information content (AvgIpc) is 1.72. The van der Waals surface area contributed by atoms with Crippen LogP contribution in [0.2, 0.25) is 0 Å². The molecule has 0 radical (unpaired) electrons. The van der Waals surface area contributed by atoms with E-state index in [1.165, 1.54) is 0 Å². The SMILES string of the molecule is O=C([O-])C(=O)O.[Li+].[O]=[V]. The number of rotatable bonds is 0. The number of carbonyl (C=O) groups is 2. The van der Waals surface area contributed by atoms with E-state index in [9.17, 15) is 0 Å². The monoisotopic (exact) mass is 163 g/mol. The Morgan fingerprint density at radius 3 is 1.44 bits per heavy atom. The molecule has 9 heavy (non-hydrogen) atoms. The molecule has 0 spiro atoms. The van der Waals surface area contributed by atoms with Gasteiger partial charge in [0.05, 0.1) is 0 Å². The Hall–Kier alpha value is -0.0782. The van der Waals surface area contributed by atoms with Crippen LogP contribution >= 0.6 is 0 Å². The number of carboxylic acid groups (broad SMARTS) is 2. The Bertz CT molecular complexity index is 91.1. The molecule has 0 saturated heterocycles. The van der Waals surface area contributed by atoms with Gasteiger partial charge in [-0.3, -0.25) is 0 Å². The van der Waals surface area contributed by atoms with Crippen LogP contribution < -0.4 is 24.0 Å². The number of hydrogen-bond acceptors (Lipinski definition) is 4. The summed E-state index contributed by atoms with van der Waals surface area (Å²) in [7, 11) is 0. The second-order valence-corrected chi connectivity index (χ2v) is 0.593. The van der Waals surface area contributed by atoms with Crippen LogP contribution in [-0.2, 0) is 30.6 Å². The minimum atomic E-state index is -2.07. The maximum atomic E-state index is 9.04. The zero-order valence-electron chi connectivity index (χ0n) is 4.53. The molecule has 0 aromatic heterocycles. The Morgan fingerprint density at radius 2 is 1.44 bits per heavy atom. The molecule has 0 rings (SSSR count). The van der Waals surface area contributed by atoms with E-state index in [1.54, 1.807) is 0 Å². The Balaban J connectivity index is -0.000000109. The van der Waals surface area contributed by atoms with E-state index in [2.05, 4.69) is 0 Å². The molecule has 0 aliphatic rings. The molecule has 0 bridgehead atoms. The van der Waals surface area contributed by atoms with Crippen molar-refractivity contribution in [2.24, 2.45) is 0 Å². The van der Waals surface area contributed by atoms with Gasteiger partial charge in [-0.15, -0.1) is 0 Å².